The van der Waals surface area contributed by atoms with Gasteiger partial charge in [-0.05, 0) is 30.3 Å². The van der Waals surface area contributed by atoms with Gasteiger partial charge in [-0.3, -0.25) is 14.9 Å². The first-order valence-corrected chi connectivity index (χ1v) is 7.10. The highest BCUT2D eigenvalue weighted by Crippen LogP contribution is 2.27. The summed E-state index contributed by atoms with van der Waals surface area (Å²) in [5, 5.41) is 20.3. The molecule has 8 heteroatoms. The topological polar surface area (TPSA) is 83.7 Å². The second kappa shape index (κ2) is 6.55. The second-order valence-corrected chi connectivity index (χ2v) is 5.81. The van der Waals surface area contributed by atoms with Crippen LogP contribution in [0.3, 0.4) is 0 Å². The Hall–Kier alpha value is -2.12. The van der Waals surface area contributed by atoms with Crippen LogP contribution >= 0.6 is 22.9 Å². The van der Waals surface area contributed by atoms with Crippen molar-refractivity contribution in [3.05, 3.63) is 56.4 Å². The van der Waals surface area contributed by atoms with E-state index in [1.807, 2.05) is 0 Å². The summed E-state index contributed by atoms with van der Waals surface area (Å²) >= 11 is 6.85. The van der Waals surface area contributed by atoms with Crippen LogP contribution in [0.4, 0.5) is 10.7 Å². The van der Waals surface area contributed by atoms with Crippen molar-refractivity contribution in [2.24, 2.45) is 0 Å². The van der Waals surface area contributed by atoms with Gasteiger partial charge in [0.2, 0.25) is 0 Å². The molecular formula is C13H11ClN2O4S. The third-order valence-corrected chi connectivity index (χ3v) is 3.97. The minimum Gasteiger partial charge on any atom is -0.480 e. The van der Waals surface area contributed by atoms with Gasteiger partial charge in [0, 0.05) is 21.7 Å². The van der Waals surface area contributed by atoms with Crippen LogP contribution < -0.4 is 4.90 Å². The SMILES string of the molecule is O=C(O)CN(Cc1ccc([N+](=O)[O-])s1)c1ccc(Cl)cc1. The zero-order valence-corrected chi connectivity index (χ0v) is 12.3. The zero-order chi connectivity index (χ0) is 15.4. The molecule has 6 nitrogen and oxygen atoms in total. The molecule has 110 valence electrons. The van der Waals surface area contributed by atoms with E-state index < -0.39 is 10.9 Å². The van der Waals surface area contributed by atoms with Gasteiger partial charge in [-0.25, -0.2) is 0 Å². The molecule has 0 saturated heterocycles. The summed E-state index contributed by atoms with van der Waals surface area (Å²) in [6.07, 6.45) is 0. The van der Waals surface area contributed by atoms with Gasteiger partial charge < -0.3 is 10.0 Å². The smallest absolute Gasteiger partial charge is 0.324 e. The number of hydrogen-bond donors (Lipinski definition) is 1. The highest BCUT2D eigenvalue weighted by atomic mass is 35.5. The van der Waals surface area contributed by atoms with E-state index >= 15 is 0 Å². The highest BCUT2D eigenvalue weighted by Gasteiger charge is 2.15. The summed E-state index contributed by atoms with van der Waals surface area (Å²) in [7, 11) is 0. The van der Waals surface area contributed by atoms with Gasteiger partial charge in [0.25, 0.3) is 0 Å². The lowest BCUT2D eigenvalue weighted by molar-refractivity contribution is -0.380. The van der Waals surface area contributed by atoms with Crippen LogP contribution in [0, 0.1) is 10.1 Å². The normalized spacial score (nSPS) is 10.3. The van der Waals surface area contributed by atoms with E-state index in [1.54, 1.807) is 35.2 Å². The summed E-state index contributed by atoms with van der Waals surface area (Å²) in [4.78, 5) is 23.5. The third-order valence-electron chi connectivity index (χ3n) is 2.69. The number of thiophene rings is 1. The molecule has 0 aliphatic carbocycles. The number of aliphatic carboxylic acids is 1. The van der Waals surface area contributed by atoms with E-state index in [1.165, 1.54) is 6.07 Å². The number of carboxylic acids is 1. The monoisotopic (exact) mass is 326 g/mol. The van der Waals surface area contributed by atoms with Crippen molar-refractivity contribution in [2.45, 2.75) is 6.54 Å². The van der Waals surface area contributed by atoms with Crippen LogP contribution in [0.1, 0.15) is 4.88 Å². The summed E-state index contributed by atoms with van der Waals surface area (Å²) in [5.74, 6) is -0.976. The molecule has 0 amide bonds. The van der Waals surface area contributed by atoms with E-state index in [4.69, 9.17) is 16.7 Å². The average Bonchev–Trinajstić information content (AvgIpc) is 2.87. The molecule has 0 saturated carbocycles. The molecule has 0 spiro atoms. The molecule has 1 N–H and O–H groups in total. The number of rotatable bonds is 6. The fourth-order valence-corrected chi connectivity index (χ4v) is 2.75. The number of hydrogen-bond acceptors (Lipinski definition) is 5. The maximum atomic E-state index is 11.0. The van der Waals surface area contributed by atoms with Gasteiger partial charge in [-0.15, -0.1) is 0 Å². The lowest BCUT2D eigenvalue weighted by Gasteiger charge is -2.22. The van der Waals surface area contributed by atoms with Crippen molar-refractivity contribution in [2.75, 3.05) is 11.4 Å². The maximum absolute atomic E-state index is 11.0. The van der Waals surface area contributed by atoms with E-state index in [0.29, 0.717) is 10.7 Å². The molecule has 1 heterocycles. The van der Waals surface area contributed by atoms with Crippen LogP contribution in [-0.4, -0.2) is 22.5 Å². The number of carboxylic acid groups (broad SMARTS) is 1. The largest absolute Gasteiger partial charge is 0.480 e. The van der Waals surface area contributed by atoms with Gasteiger partial charge in [-0.1, -0.05) is 22.9 Å². The molecular weight excluding hydrogens is 316 g/mol. The summed E-state index contributed by atoms with van der Waals surface area (Å²) in [5.41, 5.74) is 0.692. The van der Waals surface area contributed by atoms with Crippen molar-refractivity contribution in [1.29, 1.82) is 0 Å². The highest BCUT2D eigenvalue weighted by molar-refractivity contribution is 7.15. The Morgan fingerprint density at radius 2 is 1.95 bits per heavy atom. The number of benzene rings is 1. The predicted molar refractivity (Wildman–Crippen MR) is 81.1 cm³/mol. The van der Waals surface area contributed by atoms with Crippen LogP contribution in [0.25, 0.3) is 0 Å². The van der Waals surface area contributed by atoms with Crippen molar-refractivity contribution >= 4 is 39.6 Å². The Kier molecular flexibility index (Phi) is 4.77. The molecule has 0 atom stereocenters. The fourth-order valence-electron chi connectivity index (χ4n) is 1.79. The number of anilines is 1. The number of nitrogens with zero attached hydrogens (tertiary/aromatic N) is 2. The quantitative estimate of drug-likeness (QED) is 0.649. The minimum atomic E-state index is -0.976. The third kappa shape index (κ3) is 4.17. The molecule has 2 aromatic rings. The molecule has 0 radical (unpaired) electrons. The lowest BCUT2D eigenvalue weighted by atomic mass is 10.2. The molecule has 0 aliphatic heterocycles. The molecule has 0 bridgehead atoms. The predicted octanol–water partition coefficient (Wildman–Crippen LogP) is 3.40. The molecule has 1 aromatic heterocycles. The molecule has 0 fully saturated rings. The Bertz CT molecular complexity index is 656. The number of carbonyl (C=O) groups is 1. The Morgan fingerprint density at radius 1 is 1.29 bits per heavy atom. The first-order valence-electron chi connectivity index (χ1n) is 5.91. The molecule has 1 aromatic carbocycles. The van der Waals surface area contributed by atoms with Gasteiger partial charge in [0.05, 0.1) is 11.5 Å². The fraction of sp³-hybridized carbons (Fsp3) is 0.154. The Balaban J connectivity index is 2.21. The van der Waals surface area contributed by atoms with Crippen molar-refractivity contribution in [3.63, 3.8) is 0 Å². The first kappa shape index (κ1) is 15.3. The zero-order valence-electron chi connectivity index (χ0n) is 10.7. The van der Waals surface area contributed by atoms with E-state index in [9.17, 15) is 14.9 Å². The molecule has 0 unspecified atom stereocenters. The lowest BCUT2D eigenvalue weighted by Crippen LogP contribution is -2.28. The van der Waals surface area contributed by atoms with E-state index in [2.05, 4.69) is 0 Å². The van der Waals surface area contributed by atoms with Crippen LogP contribution in [0.2, 0.25) is 5.02 Å². The summed E-state index contributed by atoms with van der Waals surface area (Å²) < 4.78 is 0. The Labute approximate surface area is 129 Å². The van der Waals surface area contributed by atoms with E-state index in [0.717, 1.165) is 16.2 Å². The van der Waals surface area contributed by atoms with Crippen molar-refractivity contribution in [1.82, 2.24) is 0 Å². The molecule has 2 rings (SSSR count). The average molecular weight is 327 g/mol. The van der Waals surface area contributed by atoms with Gasteiger partial charge in [0.15, 0.2) is 0 Å². The Morgan fingerprint density at radius 3 is 2.48 bits per heavy atom. The standard InChI is InChI=1S/C13H11ClN2O4S/c14-9-1-3-10(4-2-9)15(8-13(17)18)7-11-5-6-12(21-11)16(19)20/h1-6H,7-8H2,(H,17,18). The second-order valence-electron chi connectivity index (χ2n) is 4.22. The number of halogens is 1. The van der Waals surface area contributed by atoms with Gasteiger partial charge in [-0.2, -0.15) is 0 Å². The number of nitro groups is 1. The molecule has 0 aliphatic rings. The van der Waals surface area contributed by atoms with Gasteiger partial charge >= 0.3 is 11.0 Å². The van der Waals surface area contributed by atoms with Crippen molar-refractivity contribution in [3.8, 4) is 0 Å². The summed E-state index contributed by atoms with van der Waals surface area (Å²) in [6, 6.07) is 9.82. The first-order chi connectivity index (χ1) is 9.95. The minimum absolute atomic E-state index is 0.0383. The van der Waals surface area contributed by atoms with Crippen LogP contribution in [0.15, 0.2) is 36.4 Å². The van der Waals surface area contributed by atoms with Crippen molar-refractivity contribution < 1.29 is 14.8 Å². The summed E-state index contributed by atoms with van der Waals surface area (Å²) in [6.45, 7) is 0.0831. The molecule has 21 heavy (non-hydrogen) atoms. The van der Waals surface area contributed by atoms with Crippen LogP contribution in [0.5, 0.6) is 0 Å². The maximum Gasteiger partial charge on any atom is 0.324 e. The van der Waals surface area contributed by atoms with Crippen LogP contribution in [-0.2, 0) is 11.3 Å². The van der Waals surface area contributed by atoms with E-state index in [-0.39, 0.29) is 18.1 Å². The van der Waals surface area contributed by atoms with Gasteiger partial charge in [0.1, 0.15) is 6.54 Å².